The predicted octanol–water partition coefficient (Wildman–Crippen LogP) is 2.61. The van der Waals surface area contributed by atoms with Gasteiger partial charge in [0.05, 0.1) is 20.3 Å². The predicted molar refractivity (Wildman–Crippen MR) is 85.3 cm³/mol. The number of halogens is 1. The minimum Gasteiger partial charge on any atom is -0.497 e. The van der Waals surface area contributed by atoms with Gasteiger partial charge >= 0.3 is 0 Å². The van der Waals surface area contributed by atoms with Gasteiger partial charge < -0.3 is 9.47 Å². The molecule has 112 valence electrons. The molecule has 6 heteroatoms. The molecule has 0 saturated carbocycles. The van der Waals surface area contributed by atoms with Gasteiger partial charge in [0.15, 0.2) is 0 Å². The van der Waals surface area contributed by atoms with Gasteiger partial charge in [0, 0.05) is 16.2 Å². The Morgan fingerprint density at radius 3 is 2.76 bits per heavy atom. The second kappa shape index (κ2) is 7.40. The van der Waals surface area contributed by atoms with Crippen LogP contribution in [-0.2, 0) is 6.42 Å². The van der Waals surface area contributed by atoms with Gasteiger partial charge in [0.25, 0.3) is 0 Å². The lowest BCUT2D eigenvalue weighted by Crippen LogP contribution is -2.30. The zero-order valence-electron chi connectivity index (χ0n) is 12.0. The largest absolute Gasteiger partial charge is 0.497 e. The molecule has 0 aliphatic heterocycles. The normalized spacial score (nSPS) is 12.0. The molecule has 0 fully saturated rings. The fourth-order valence-corrected chi connectivity index (χ4v) is 2.56. The highest BCUT2D eigenvalue weighted by Crippen LogP contribution is 2.29. The van der Waals surface area contributed by atoms with Crippen LogP contribution in [0.2, 0.25) is 0 Å². The van der Waals surface area contributed by atoms with E-state index in [1.807, 2.05) is 30.3 Å². The van der Waals surface area contributed by atoms with Crippen LogP contribution < -0.4 is 20.7 Å². The van der Waals surface area contributed by atoms with Crippen molar-refractivity contribution in [1.29, 1.82) is 0 Å². The number of ether oxygens (including phenoxy) is 2. The van der Waals surface area contributed by atoms with E-state index in [4.69, 9.17) is 15.3 Å². The molecule has 1 atom stereocenters. The number of hydrazine groups is 1. The van der Waals surface area contributed by atoms with Crippen LogP contribution >= 0.6 is 15.9 Å². The number of nitrogens with zero attached hydrogens (tertiary/aromatic N) is 1. The van der Waals surface area contributed by atoms with Crippen molar-refractivity contribution >= 4 is 15.9 Å². The molecule has 1 unspecified atom stereocenters. The topological polar surface area (TPSA) is 69.4 Å². The Morgan fingerprint density at radius 1 is 1.29 bits per heavy atom. The second-order valence-corrected chi connectivity index (χ2v) is 5.34. The van der Waals surface area contributed by atoms with Crippen LogP contribution in [-0.4, -0.2) is 19.2 Å². The number of hydrogen-bond acceptors (Lipinski definition) is 5. The molecule has 1 aromatic carbocycles. The van der Waals surface area contributed by atoms with E-state index < -0.39 is 0 Å². The third-order valence-electron chi connectivity index (χ3n) is 3.25. The van der Waals surface area contributed by atoms with Crippen molar-refractivity contribution in [2.24, 2.45) is 5.84 Å². The summed E-state index contributed by atoms with van der Waals surface area (Å²) in [5, 5.41) is 0. The molecule has 1 heterocycles. The lowest BCUT2D eigenvalue weighted by Gasteiger charge is -2.19. The van der Waals surface area contributed by atoms with Crippen molar-refractivity contribution in [3.8, 4) is 11.6 Å². The molecule has 0 bridgehead atoms. The summed E-state index contributed by atoms with van der Waals surface area (Å²) in [5.41, 5.74) is 4.82. The first-order valence-corrected chi connectivity index (χ1v) is 7.26. The molecule has 5 nitrogen and oxygen atoms in total. The van der Waals surface area contributed by atoms with Crippen LogP contribution in [0, 0.1) is 0 Å². The van der Waals surface area contributed by atoms with E-state index in [9.17, 15) is 0 Å². The molecule has 3 N–H and O–H groups in total. The van der Waals surface area contributed by atoms with Crippen molar-refractivity contribution in [2.45, 2.75) is 12.5 Å². The molecule has 0 spiro atoms. The number of benzene rings is 1. The second-order valence-electron chi connectivity index (χ2n) is 4.48. The third kappa shape index (κ3) is 3.72. The summed E-state index contributed by atoms with van der Waals surface area (Å²) in [6.07, 6.45) is 2.37. The first-order valence-electron chi connectivity index (χ1n) is 6.47. The fourth-order valence-electron chi connectivity index (χ4n) is 2.15. The molecule has 1 aromatic heterocycles. The van der Waals surface area contributed by atoms with Crippen molar-refractivity contribution in [2.75, 3.05) is 14.2 Å². The van der Waals surface area contributed by atoms with Crippen LogP contribution in [0.1, 0.15) is 17.2 Å². The highest BCUT2D eigenvalue weighted by atomic mass is 79.9. The van der Waals surface area contributed by atoms with Crippen molar-refractivity contribution < 1.29 is 9.47 Å². The fraction of sp³-hybridized carbons (Fsp3) is 0.267. The number of aromatic nitrogens is 1. The average Bonchev–Trinajstić information content (AvgIpc) is 2.54. The standard InChI is InChI=1S/C15H18BrN3O2/c1-20-11-5-6-13(16)10(8-11)9-14(19-17)12-4-3-7-18-15(12)21-2/h3-8,14,19H,9,17H2,1-2H3. The summed E-state index contributed by atoms with van der Waals surface area (Å²) < 4.78 is 11.6. The van der Waals surface area contributed by atoms with Gasteiger partial charge in [0.1, 0.15) is 5.75 Å². The zero-order valence-corrected chi connectivity index (χ0v) is 13.6. The van der Waals surface area contributed by atoms with E-state index in [1.54, 1.807) is 20.4 Å². The summed E-state index contributed by atoms with van der Waals surface area (Å²) >= 11 is 3.55. The molecular weight excluding hydrogens is 334 g/mol. The van der Waals surface area contributed by atoms with E-state index in [-0.39, 0.29) is 6.04 Å². The lowest BCUT2D eigenvalue weighted by atomic mass is 10.00. The molecule has 0 radical (unpaired) electrons. The molecule has 0 aliphatic carbocycles. The number of nitrogens with one attached hydrogen (secondary N) is 1. The Balaban J connectivity index is 2.31. The van der Waals surface area contributed by atoms with Crippen molar-refractivity contribution in [1.82, 2.24) is 10.4 Å². The summed E-state index contributed by atoms with van der Waals surface area (Å²) in [4.78, 5) is 4.21. The number of rotatable bonds is 6. The van der Waals surface area contributed by atoms with Crippen LogP contribution in [0.4, 0.5) is 0 Å². The van der Waals surface area contributed by atoms with Gasteiger partial charge in [-0.3, -0.25) is 11.3 Å². The van der Waals surface area contributed by atoms with Crippen LogP contribution in [0.3, 0.4) is 0 Å². The Hall–Kier alpha value is -1.63. The van der Waals surface area contributed by atoms with E-state index in [1.165, 1.54) is 0 Å². The maximum absolute atomic E-state index is 5.72. The number of hydrogen-bond donors (Lipinski definition) is 2. The summed E-state index contributed by atoms with van der Waals surface area (Å²) in [6, 6.07) is 9.55. The Bertz CT molecular complexity index is 607. The Kier molecular flexibility index (Phi) is 5.55. The lowest BCUT2D eigenvalue weighted by molar-refractivity contribution is 0.382. The minimum atomic E-state index is -0.114. The van der Waals surface area contributed by atoms with E-state index >= 15 is 0 Å². The number of nitrogens with two attached hydrogens (primary N) is 1. The van der Waals surface area contributed by atoms with E-state index in [2.05, 4.69) is 26.3 Å². The Labute approximate surface area is 132 Å². The SMILES string of the molecule is COc1ccc(Br)c(CC(NN)c2cccnc2OC)c1. The highest BCUT2D eigenvalue weighted by molar-refractivity contribution is 9.10. The summed E-state index contributed by atoms with van der Waals surface area (Å²) in [7, 11) is 3.25. The van der Waals surface area contributed by atoms with Crippen molar-refractivity contribution in [3.05, 3.63) is 52.1 Å². The van der Waals surface area contributed by atoms with E-state index in [0.717, 1.165) is 21.3 Å². The first-order chi connectivity index (χ1) is 10.2. The molecule has 0 saturated heterocycles. The van der Waals surface area contributed by atoms with Crippen LogP contribution in [0.25, 0.3) is 0 Å². The van der Waals surface area contributed by atoms with Gasteiger partial charge in [-0.1, -0.05) is 22.0 Å². The van der Waals surface area contributed by atoms with Gasteiger partial charge in [-0.25, -0.2) is 4.98 Å². The molecule has 21 heavy (non-hydrogen) atoms. The monoisotopic (exact) mass is 351 g/mol. The smallest absolute Gasteiger partial charge is 0.217 e. The first kappa shape index (κ1) is 15.8. The summed E-state index contributed by atoms with van der Waals surface area (Å²) in [6.45, 7) is 0. The molecule has 0 amide bonds. The zero-order chi connectivity index (χ0) is 15.2. The average molecular weight is 352 g/mol. The van der Waals surface area contributed by atoms with Crippen LogP contribution in [0.15, 0.2) is 41.0 Å². The third-order valence-corrected chi connectivity index (χ3v) is 4.02. The van der Waals surface area contributed by atoms with Crippen LogP contribution in [0.5, 0.6) is 11.6 Å². The molecule has 0 aliphatic rings. The highest BCUT2D eigenvalue weighted by Gasteiger charge is 2.17. The minimum absolute atomic E-state index is 0.114. The quantitative estimate of drug-likeness (QED) is 0.618. The molecule has 2 aromatic rings. The Morgan fingerprint density at radius 2 is 2.10 bits per heavy atom. The van der Waals surface area contributed by atoms with Gasteiger partial charge in [0.2, 0.25) is 5.88 Å². The molecular formula is C15H18BrN3O2. The number of pyridine rings is 1. The van der Waals surface area contributed by atoms with E-state index in [0.29, 0.717) is 12.3 Å². The number of methoxy groups -OCH3 is 2. The van der Waals surface area contributed by atoms with Gasteiger partial charge in [-0.2, -0.15) is 0 Å². The van der Waals surface area contributed by atoms with Crippen molar-refractivity contribution in [3.63, 3.8) is 0 Å². The maximum Gasteiger partial charge on any atom is 0.217 e. The van der Waals surface area contributed by atoms with Gasteiger partial charge in [-0.05, 0) is 36.2 Å². The van der Waals surface area contributed by atoms with Gasteiger partial charge in [-0.15, -0.1) is 0 Å². The molecule has 2 rings (SSSR count). The summed E-state index contributed by atoms with van der Waals surface area (Å²) in [5.74, 6) is 7.09. The maximum atomic E-state index is 5.72.